The molecule has 0 atom stereocenters. The second kappa shape index (κ2) is 4.84. The molecule has 1 N–H and O–H groups in total. The molecule has 0 aliphatic rings. The van der Waals surface area contributed by atoms with Crippen molar-refractivity contribution in [1.82, 2.24) is 0 Å². The number of alkyl halides is 2. The molecule has 0 heterocycles. The van der Waals surface area contributed by atoms with E-state index in [1.54, 1.807) is 0 Å². The maximum absolute atomic E-state index is 9.44. The van der Waals surface area contributed by atoms with Crippen LogP contribution in [0.1, 0.15) is 0 Å². The van der Waals surface area contributed by atoms with Crippen LogP contribution >= 0.6 is 23.2 Å². The van der Waals surface area contributed by atoms with Gasteiger partial charge in [0.15, 0.2) is 0 Å². The summed E-state index contributed by atoms with van der Waals surface area (Å²) in [4.78, 5) is 8.15. The Morgan fingerprint density at radius 3 is 1.71 bits per heavy atom. The Morgan fingerprint density at radius 2 is 1.71 bits per heavy atom. The fourth-order valence-corrected chi connectivity index (χ4v) is 0. The Hall–Kier alpha value is 0.686. The van der Waals surface area contributed by atoms with Gasteiger partial charge in [-0.3, -0.25) is 0 Å². The summed E-state index contributed by atoms with van der Waals surface area (Å²) in [6.07, 6.45) is 0. The second-order valence-electron chi connectivity index (χ2n) is 0.639. The Bertz CT molecular complexity index is 64.7. The predicted molar refractivity (Wildman–Crippen MR) is 33.1 cm³/mol. The summed E-state index contributed by atoms with van der Waals surface area (Å²) in [6, 6.07) is 0. The minimum atomic E-state index is -1.29. The Labute approximate surface area is 63.8 Å². The molecule has 2 nitrogen and oxygen atoms in total. The molecule has 42 valence electrons. The van der Waals surface area contributed by atoms with Gasteiger partial charge in [-0.25, -0.2) is 4.79 Å². The molecule has 0 bridgehead atoms. The number of carboxylic acid groups (broad SMARTS) is 1. The van der Waals surface area contributed by atoms with Crippen LogP contribution in [-0.4, -0.2) is 35.7 Å². The standard InChI is InChI=1S/C2H2Cl2O2.Ga.3H/c3-1(4)2(5)6;;;;/h1H,(H,5,6);;;;. The van der Waals surface area contributed by atoms with E-state index in [2.05, 4.69) is 0 Å². The molecular formula is C2H5Cl2GaO2. The van der Waals surface area contributed by atoms with Gasteiger partial charge in [-0.1, -0.05) is 23.2 Å². The first-order valence-corrected chi connectivity index (χ1v) is 2.03. The van der Waals surface area contributed by atoms with Gasteiger partial charge in [0.1, 0.15) is 0 Å². The van der Waals surface area contributed by atoms with Gasteiger partial charge in [0.2, 0.25) is 4.84 Å². The van der Waals surface area contributed by atoms with Gasteiger partial charge in [0, 0.05) is 0 Å². The first-order chi connectivity index (χ1) is 2.64. The van der Waals surface area contributed by atoms with E-state index in [0.29, 0.717) is 0 Å². The molecule has 0 radical (unpaired) electrons. The van der Waals surface area contributed by atoms with Gasteiger partial charge in [-0.15, -0.1) is 0 Å². The molecule has 0 aliphatic carbocycles. The molecule has 0 saturated heterocycles. The van der Waals surface area contributed by atoms with E-state index < -0.39 is 10.8 Å². The summed E-state index contributed by atoms with van der Waals surface area (Å²) in [5.41, 5.74) is 0. The Kier molecular flexibility index (Phi) is 7.34. The number of rotatable bonds is 1. The molecule has 0 aromatic rings. The summed E-state index contributed by atoms with van der Waals surface area (Å²) < 4.78 is 0. The maximum atomic E-state index is 9.44. The van der Waals surface area contributed by atoms with Crippen molar-refractivity contribution >= 4 is 49.0 Å². The van der Waals surface area contributed by atoms with E-state index in [-0.39, 0.29) is 19.8 Å². The predicted octanol–water partition coefficient (Wildman–Crippen LogP) is -0.309. The van der Waals surface area contributed by atoms with E-state index in [1.807, 2.05) is 0 Å². The molecule has 0 fully saturated rings. The van der Waals surface area contributed by atoms with Crippen LogP contribution in [0.2, 0.25) is 0 Å². The SMILES string of the molecule is O=C(O)C(Cl)Cl.[GaH3]. The van der Waals surface area contributed by atoms with Crippen LogP contribution in [0.4, 0.5) is 0 Å². The van der Waals surface area contributed by atoms with Crippen LogP contribution in [-0.2, 0) is 4.79 Å². The van der Waals surface area contributed by atoms with E-state index in [9.17, 15) is 4.79 Å². The second-order valence-corrected chi connectivity index (χ2v) is 1.74. The summed E-state index contributed by atoms with van der Waals surface area (Å²) in [5, 5.41) is 7.73. The molecule has 0 aliphatic heterocycles. The molecule has 7 heavy (non-hydrogen) atoms. The van der Waals surface area contributed by atoms with Gasteiger partial charge in [0.05, 0.1) is 0 Å². The molecule has 0 spiro atoms. The van der Waals surface area contributed by atoms with Crippen molar-refractivity contribution in [3.8, 4) is 0 Å². The van der Waals surface area contributed by atoms with E-state index >= 15 is 0 Å². The van der Waals surface area contributed by atoms with Crippen molar-refractivity contribution in [2.75, 3.05) is 0 Å². The van der Waals surface area contributed by atoms with Gasteiger partial charge in [-0.2, -0.15) is 0 Å². The Balaban J connectivity index is 0. The van der Waals surface area contributed by atoms with Crippen LogP contribution in [0.15, 0.2) is 0 Å². The third kappa shape index (κ3) is 6.69. The molecule has 0 aromatic carbocycles. The summed E-state index contributed by atoms with van der Waals surface area (Å²) in [7, 11) is 0. The zero-order valence-electron chi connectivity index (χ0n) is 2.69. The monoisotopic (exact) mass is 200 g/mol. The minimum absolute atomic E-state index is 0. The average Bonchev–Trinajstić information content (AvgIpc) is 1.36. The number of halogens is 2. The van der Waals surface area contributed by atoms with Crippen LogP contribution in [0.3, 0.4) is 0 Å². The van der Waals surface area contributed by atoms with Gasteiger partial charge in [0.25, 0.3) is 0 Å². The molecule has 0 unspecified atom stereocenters. The van der Waals surface area contributed by atoms with Gasteiger partial charge >= 0.3 is 25.8 Å². The number of carboxylic acids is 1. The zero-order valence-corrected chi connectivity index (χ0v) is 4.20. The van der Waals surface area contributed by atoms with Gasteiger partial charge in [-0.05, 0) is 0 Å². The molecule has 0 amide bonds. The topological polar surface area (TPSA) is 37.3 Å². The van der Waals surface area contributed by atoms with Crippen molar-refractivity contribution < 1.29 is 9.90 Å². The van der Waals surface area contributed by atoms with Crippen molar-refractivity contribution in [3.63, 3.8) is 0 Å². The Morgan fingerprint density at radius 1 is 1.57 bits per heavy atom. The third-order valence-electron chi connectivity index (χ3n) is 0.187. The van der Waals surface area contributed by atoms with Crippen LogP contribution < -0.4 is 0 Å². The van der Waals surface area contributed by atoms with Crippen LogP contribution in [0.5, 0.6) is 0 Å². The third-order valence-corrected chi connectivity index (χ3v) is 0.560. The van der Waals surface area contributed by atoms with Crippen LogP contribution in [0.25, 0.3) is 0 Å². The normalized spacial score (nSPS) is 7.86. The van der Waals surface area contributed by atoms with E-state index in [4.69, 9.17) is 28.3 Å². The molecular weight excluding hydrogens is 197 g/mol. The summed E-state index contributed by atoms with van der Waals surface area (Å²) >= 11 is 9.56. The molecule has 0 saturated carbocycles. The van der Waals surface area contributed by atoms with Crippen molar-refractivity contribution in [1.29, 1.82) is 0 Å². The van der Waals surface area contributed by atoms with Crippen molar-refractivity contribution in [2.24, 2.45) is 0 Å². The summed E-state index contributed by atoms with van der Waals surface area (Å²) in [5.74, 6) is -1.21. The van der Waals surface area contributed by atoms with Crippen molar-refractivity contribution in [2.45, 2.75) is 4.84 Å². The fraction of sp³-hybridized carbons (Fsp3) is 0.500. The first kappa shape index (κ1) is 10.6. The quantitative estimate of drug-likeness (QED) is 0.467. The van der Waals surface area contributed by atoms with E-state index in [0.717, 1.165) is 0 Å². The van der Waals surface area contributed by atoms with E-state index in [1.165, 1.54) is 0 Å². The zero-order chi connectivity index (χ0) is 5.15. The summed E-state index contributed by atoms with van der Waals surface area (Å²) in [6.45, 7) is 0. The first-order valence-electron chi connectivity index (χ1n) is 1.15. The van der Waals surface area contributed by atoms with Crippen LogP contribution in [0, 0.1) is 0 Å². The fourth-order valence-electron chi connectivity index (χ4n) is 0. The molecule has 0 aromatic heterocycles. The molecule has 5 heteroatoms. The average molecular weight is 202 g/mol. The molecule has 0 rings (SSSR count). The number of hydrogen-bond acceptors (Lipinski definition) is 1. The van der Waals surface area contributed by atoms with Gasteiger partial charge < -0.3 is 5.11 Å². The van der Waals surface area contributed by atoms with Crippen molar-refractivity contribution in [3.05, 3.63) is 0 Å². The number of hydrogen-bond donors (Lipinski definition) is 1. The number of carbonyl (C=O) groups is 1. The number of aliphatic carboxylic acids is 1.